The number of hydrogen-bond donors (Lipinski definition) is 2. The number of likely N-dealkylation sites (tertiary alicyclic amines) is 1. The van der Waals surface area contributed by atoms with E-state index in [-0.39, 0.29) is 5.91 Å². The Balaban J connectivity index is 1.29. The quantitative estimate of drug-likeness (QED) is 0.898. The lowest BCUT2D eigenvalue weighted by molar-refractivity contribution is -0.123. The standard InChI is InChI=1S/C22H22N2O2/c25-21-19-8-7-15(11-20(19)23-22(21)26)16-9-10-24(12-16)13-17-6-5-14-3-1-2-4-18(14)17/h1-4,6-8,11,16,21,25H,5,9-10,12-13H2,(H,23,26). The molecule has 3 aliphatic rings. The maximum absolute atomic E-state index is 11.6. The Morgan fingerprint density at radius 3 is 3.00 bits per heavy atom. The monoisotopic (exact) mass is 346 g/mol. The first-order valence-corrected chi connectivity index (χ1v) is 9.31. The third kappa shape index (κ3) is 2.57. The maximum Gasteiger partial charge on any atom is 0.257 e. The van der Waals surface area contributed by atoms with Crippen molar-refractivity contribution in [3.63, 3.8) is 0 Å². The second kappa shape index (κ2) is 6.08. The van der Waals surface area contributed by atoms with Gasteiger partial charge in [-0.25, -0.2) is 0 Å². The fraction of sp³-hybridized carbons (Fsp3) is 0.318. The molecule has 1 fully saturated rings. The van der Waals surface area contributed by atoms with Crippen molar-refractivity contribution in [2.75, 3.05) is 25.0 Å². The summed E-state index contributed by atoms with van der Waals surface area (Å²) in [5, 5.41) is 12.6. The summed E-state index contributed by atoms with van der Waals surface area (Å²) in [7, 11) is 0. The number of aliphatic hydroxyl groups excluding tert-OH is 1. The Kier molecular flexibility index (Phi) is 3.69. The molecule has 5 rings (SSSR count). The largest absolute Gasteiger partial charge is 0.378 e. The number of anilines is 1. The summed E-state index contributed by atoms with van der Waals surface area (Å²) in [5.41, 5.74) is 7.01. The minimum atomic E-state index is -1.02. The van der Waals surface area contributed by atoms with Crippen molar-refractivity contribution in [3.8, 4) is 0 Å². The molecule has 1 aliphatic carbocycles. The van der Waals surface area contributed by atoms with Crippen molar-refractivity contribution in [3.05, 3.63) is 70.8 Å². The molecule has 4 heteroatoms. The zero-order chi connectivity index (χ0) is 17.7. The molecule has 1 saturated heterocycles. The molecule has 2 atom stereocenters. The summed E-state index contributed by atoms with van der Waals surface area (Å²) in [5.74, 6) is 0.157. The SMILES string of the molecule is O=C1Nc2cc(C3CCN(CC4=CCc5ccccc54)C3)ccc2C1O. The lowest BCUT2D eigenvalue weighted by atomic mass is 9.96. The summed E-state index contributed by atoms with van der Waals surface area (Å²) >= 11 is 0. The molecule has 132 valence electrons. The van der Waals surface area contributed by atoms with Crippen LogP contribution in [-0.2, 0) is 11.2 Å². The molecule has 1 amide bonds. The van der Waals surface area contributed by atoms with Crippen LogP contribution in [-0.4, -0.2) is 35.5 Å². The number of carbonyl (C=O) groups is 1. The molecule has 0 bridgehead atoms. The van der Waals surface area contributed by atoms with Gasteiger partial charge in [-0.3, -0.25) is 9.69 Å². The van der Waals surface area contributed by atoms with Crippen LogP contribution in [0.15, 0.2) is 48.5 Å². The van der Waals surface area contributed by atoms with E-state index < -0.39 is 6.10 Å². The predicted octanol–water partition coefficient (Wildman–Crippen LogP) is 3.10. The molecule has 0 saturated carbocycles. The van der Waals surface area contributed by atoms with Crippen LogP contribution in [0.5, 0.6) is 0 Å². The summed E-state index contributed by atoms with van der Waals surface area (Å²) in [6, 6.07) is 14.7. The average molecular weight is 346 g/mol. The van der Waals surface area contributed by atoms with Crippen LogP contribution >= 0.6 is 0 Å². The Hall–Kier alpha value is -2.43. The number of aliphatic hydroxyl groups is 1. The smallest absolute Gasteiger partial charge is 0.257 e. The van der Waals surface area contributed by atoms with Crippen molar-refractivity contribution >= 4 is 17.2 Å². The number of benzene rings is 2. The molecule has 2 aromatic carbocycles. The van der Waals surface area contributed by atoms with Gasteiger partial charge in [-0.15, -0.1) is 0 Å². The van der Waals surface area contributed by atoms with Crippen LogP contribution in [0.25, 0.3) is 5.57 Å². The van der Waals surface area contributed by atoms with Gasteiger partial charge in [-0.2, -0.15) is 0 Å². The van der Waals surface area contributed by atoms with Gasteiger partial charge in [0.2, 0.25) is 0 Å². The highest BCUT2D eigenvalue weighted by molar-refractivity contribution is 6.01. The highest BCUT2D eigenvalue weighted by Crippen LogP contribution is 2.36. The fourth-order valence-corrected chi connectivity index (χ4v) is 4.51. The van der Waals surface area contributed by atoms with Gasteiger partial charge >= 0.3 is 0 Å². The van der Waals surface area contributed by atoms with E-state index in [1.165, 1.54) is 22.3 Å². The molecule has 2 aromatic rings. The first-order valence-electron chi connectivity index (χ1n) is 9.31. The van der Waals surface area contributed by atoms with Crippen molar-refractivity contribution in [2.24, 2.45) is 0 Å². The number of rotatable bonds is 3. The van der Waals surface area contributed by atoms with E-state index in [0.29, 0.717) is 11.5 Å². The zero-order valence-electron chi connectivity index (χ0n) is 14.6. The molecule has 4 nitrogen and oxygen atoms in total. The molecule has 2 aliphatic heterocycles. The molecule has 0 aromatic heterocycles. The minimum Gasteiger partial charge on any atom is -0.378 e. The lowest BCUT2D eigenvalue weighted by Gasteiger charge is -2.18. The Labute approximate surface area is 153 Å². The Bertz CT molecular complexity index is 918. The van der Waals surface area contributed by atoms with Gasteiger partial charge in [0.15, 0.2) is 6.10 Å². The topological polar surface area (TPSA) is 52.6 Å². The van der Waals surface area contributed by atoms with E-state index in [1.54, 1.807) is 0 Å². The van der Waals surface area contributed by atoms with E-state index in [1.807, 2.05) is 12.1 Å². The number of amides is 1. The number of hydrogen-bond acceptors (Lipinski definition) is 3. The number of carbonyl (C=O) groups excluding carboxylic acids is 1. The average Bonchev–Trinajstić information content (AvgIpc) is 3.35. The van der Waals surface area contributed by atoms with Crippen LogP contribution in [0.4, 0.5) is 5.69 Å². The summed E-state index contributed by atoms with van der Waals surface area (Å²) in [6.45, 7) is 3.14. The van der Waals surface area contributed by atoms with Crippen LogP contribution in [0.1, 0.15) is 40.7 Å². The summed E-state index contributed by atoms with van der Waals surface area (Å²) in [6.07, 6.45) is 3.53. The Morgan fingerprint density at radius 1 is 1.19 bits per heavy atom. The van der Waals surface area contributed by atoms with Gasteiger partial charge < -0.3 is 10.4 Å². The summed E-state index contributed by atoms with van der Waals surface area (Å²) < 4.78 is 0. The number of fused-ring (bicyclic) bond motifs is 2. The van der Waals surface area contributed by atoms with Gasteiger partial charge in [-0.05, 0) is 53.6 Å². The molecular weight excluding hydrogens is 324 g/mol. The van der Waals surface area contributed by atoms with E-state index >= 15 is 0 Å². The lowest BCUT2D eigenvalue weighted by Crippen LogP contribution is -2.22. The third-order valence-electron chi connectivity index (χ3n) is 5.95. The zero-order valence-corrected chi connectivity index (χ0v) is 14.6. The van der Waals surface area contributed by atoms with Crippen LogP contribution in [0, 0.1) is 0 Å². The van der Waals surface area contributed by atoms with Gasteiger partial charge in [0.25, 0.3) is 5.91 Å². The van der Waals surface area contributed by atoms with E-state index in [0.717, 1.165) is 38.2 Å². The number of nitrogens with one attached hydrogen (secondary N) is 1. The molecule has 26 heavy (non-hydrogen) atoms. The molecule has 2 heterocycles. The first-order chi connectivity index (χ1) is 12.7. The van der Waals surface area contributed by atoms with Crippen LogP contribution < -0.4 is 5.32 Å². The molecule has 2 N–H and O–H groups in total. The maximum atomic E-state index is 11.6. The fourth-order valence-electron chi connectivity index (χ4n) is 4.51. The minimum absolute atomic E-state index is 0.322. The Morgan fingerprint density at radius 2 is 2.08 bits per heavy atom. The van der Waals surface area contributed by atoms with Crippen LogP contribution in [0.2, 0.25) is 0 Å². The molecule has 2 unspecified atom stereocenters. The predicted molar refractivity (Wildman–Crippen MR) is 102 cm³/mol. The molecule has 0 spiro atoms. The van der Waals surface area contributed by atoms with Gasteiger partial charge in [0, 0.05) is 24.3 Å². The molecular formula is C22H22N2O2. The van der Waals surface area contributed by atoms with Crippen molar-refractivity contribution in [1.29, 1.82) is 0 Å². The highest BCUT2D eigenvalue weighted by Gasteiger charge is 2.31. The number of allylic oxidation sites excluding steroid dienone is 1. The summed E-state index contributed by atoms with van der Waals surface area (Å²) in [4.78, 5) is 14.2. The van der Waals surface area contributed by atoms with Gasteiger partial charge in [0.05, 0.1) is 0 Å². The van der Waals surface area contributed by atoms with Crippen LogP contribution in [0.3, 0.4) is 0 Å². The normalized spacial score (nSPS) is 24.3. The highest BCUT2D eigenvalue weighted by atomic mass is 16.3. The molecule has 0 radical (unpaired) electrons. The van der Waals surface area contributed by atoms with Gasteiger partial charge in [-0.1, -0.05) is 42.5 Å². The van der Waals surface area contributed by atoms with Crippen molar-refractivity contribution in [1.82, 2.24) is 4.90 Å². The first kappa shape index (κ1) is 15.8. The van der Waals surface area contributed by atoms with Crippen molar-refractivity contribution in [2.45, 2.75) is 24.9 Å². The van der Waals surface area contributed by atoms with Gasteiger partial charge in [0.1, 0.15) is 0 Å². The third-order valence-corrected chi connectivity index (χ3v) is 5.95. The second-order valence-electron chi connectivity index (χ2n) is 7.55. The second-order valence-corrected chi connectivity index (χ2v) is 7.55. The van der Waals surface area contributed by atoms with Crippen molar-refractivity contribution < 1.29 is 9.90 Å². The number of nitrogens with zero attached hydrogens (tertiary/aromatic N) is 1. The van der Waals surface area contributed by atoms with E-state index in [4.69, 9.17) is 0 Å². The van der Waals surface area contributed by atoms with E-state index in [9.17, 15) is 9.90 Å². The van der Waals surface area contributed by atoms with E-state index in [2.05, 4.69) is 46.6 Å².